The van der Waals surface area contributed by atoms with Crippen molar-refractivity contribution >= 4 is 5.91 Å². The molecule has 1 N–H and O–H groups in total. The van der Waals surface area contributed by atoms with Crippen LogP contribution < -0.4 is 5.32 Å². The van der Waals surface area contributed by atoms with Crippen LogP contribution in [0.3, 0.4) is 0 Å². The molecule has 16 heavy (non-hydrogen) atoms. The summed E-state index contributed by atoms with van der Waals surface area (Å²) < 4.78 is 0. The Labute approximate surface area is 98.0 Å². The van der Waals surface area contributed by atoms with Gasteiger partial charge >= 0.3 is 0 Å². The lowest BCUT2D eigenvalue weighted by molar-refractivity contribution is -0.133. The predicted molar refractivity (Wildman–Crippen MR) is 64.3 cm³/mol. The van der Waals surface area contributed by atoms with Gasteiger partial charge in [0.2, 0.25) is 5.91 Å². The molecule has 92 valence electrons. The molecular formula is C12H23N3O. The lowest BCUT2D eigenvalue weighted by Gasteiger charge is -2.28. The minimum absolute atomic E-state index is 0.0923. The van der Waals surface area contributed by atoms with Gasteiger partial charge in [-0.3, -0.25) is 4.79 Å². The van der Waals surface area contributed by atoms with Crippen molar-refractivity contribution in [3.63, 3.8) is 0 Å². The van der Waals surface area contributed by atoms with E-state index in [1.165, 1.54) is 12.8 Å². The van der Waals surface area contributed by atoms with E-state index in [0.29, 0.717) is 11.9 Å². The summed E-state index contributed by atoms with van der Waals surface area (Å²) in [7, 11) is 4.19. The summed E-state index contributed by atoms with van der Waals surface area (Å²) in [6.07, 6.45) is 4.53. The second-order valence-electron chi connectivity index (χ2n) is 5.19. The Morgan fingerprint density at radius 2 is 2.12 bits per heavy atom. The van der Waals surface area contributed by atoms with Gasteiger partial charge < -0.3 is 15.1 Å². The number of carbonyl (C=O) groups excluding carboxylic acids is 1. The molecule has 2 fully saturated rings. The molecule has 0 aromatic carbocycles. The van der Waals surface area contributed by atoms with Gasteiger partial charge in [-0.25, -0.2) is 0 Å². The number of hydrogen-bond acceptors (Lipinski definition) is 3. The van der Waals surface area contributed by atoms with Crippen LogP contribution in [-0.2, 0) is 4.79 Å². The molecule has 0 aliphatic carbocycles. The second kappa shape index (κ2) is 5.15. The van der Waals surface area contributed by atoms with Gasteiger partial charge in [0.25, 0.3) is 0 Å². The standard InChI is InChI=1S/C12H23N3O/c1-14(2)10-6-8-15(9-10)12(16)11-5-3-4-7-13-11/h10-11,13H,3-9H2,1-2H3/t10?,11-/m1/s1. The molecule has 2 aliphatic heterocycles. The monoisotopic (exact) mass is 225 g/mol. The molecule has 0 spiro atoms. The molecule has 2 heterocycles. The first-order valence-electron chi connectivity index (χ1n) is 6.37. The Kier molecular flexibility index (Phi) is 3.82. The molecule has 0 bridgehead atoms. The maximum Gasteiger partial charge on any atom is 0.239 e. The third kappa shape index (κ3) is 2.55. The summed E-state index contributed by atoms with van der Waals surface area (Å²) in [6.45, 7) is 2.84. The lowest BCUT2D eigenvalue weighted by Crippen LogP contribution is -2.48. The number of piperidine rings is 1. The summed E-state index contributed by atoms with van der Waals surface area (Å²) in [4.78, 5) is 16.5. The molecule has 0 aromatic rings. The van der Waals surface area contributed by atoms with Crippen LogP contribution in [0.2, 0.25) is 0 Å². The fraction of sp³-hybridized carbons (Fsp3) is 0.917. The van der Waals surface area contributed by atoms with Crippen LogP contribution in [0.15, 0.2) is 0 Å². The van der Waals surface area contributed by atoms with Crippen molar-refractivity contribution in [2.24, 2.45) is 0 Å². The van der Waals surface area contributed by atoms with Crippen molar-refractivity contribution in [1.82, 2.24) is 15.1 Å². The zero-order valence-corrected chi connectivity index (χ0v) is 10.4. The molecule has 4 nitrogen and oxygen atoms in total. The van der Waals surface area contributed by atoms with Crippen molar-refractivity contribution in [2.45, 2.75) is 37.8 Å². The van der Waals surface area contributed by atoms with E-state index < -0.39 is 0 Å². The van der Waals surface area contributed by atoms with Gasteiger partial charge in [-0.1, -0.05) is 6.42 Å². The van der Waals surface area contributed by atoms with Gasteiger partial charge in [0.1, 0.15) is 0 Å². The zero-order chi connectivity index (χ0) is 11.5. The van der Waals surface area contributed by atoms with Gasteiger partial charge in [0, 0.05) is 19.1 Å². The van der Waals surface area contributed by atoms with Gasteiger partial charge in [-0.2, -0.15) is 0 Å². The molecule has 2 atom stereocenters. The topological polar surface area (TPSA) is 35.6 Å². The van der Waals surface area contributed by atoms with E-state index in [2.05, 4.69) is 24.3 Å². The largest absolute Gasteiger partial charge is 0.340 e. The Bertz CT molecular complexity index is 249. The molecule has 0 aromatic heterocycles. The van der Waals surface area contributed by atoms with Crippen molar-refractivity contribution in [3.8, 4) is 0 Å². The number of nitrogens with zero attached hydrogens (tertiary/aromatic N) is 2. The van der Waals surface area contributed by atoms with E-state index >= 15 is 0 Å². The first-order valence-corrected chi connectivity index (χ1v) is 6.37. The summed E-state index contributed by atoms with van der Waals surface area (Å²) >= 11 is 0. The SMILES string of the molecule is CN(C)C1CCN(C(=O)[C@H]2CCCCN2)C1. The van der Waals surface area contributed by atoms with Crippen LogP contribution >= 0.6 is 0 Å². The van der Waals surface area contributed by atoms with E-state index in [1.54, 1.807) is 0 Å². The molecule has 0 saturated carbocycles. The molecule has 1 amide bonds. The van der Waals surface area contributed by atoms with Gasteiger partial charge in [0.05, 0.1) is 6.04 Å². The third-order valence-corrected chi connectivity index (χ3v) is 3.81. The Balaban J connectivity index is 1.86. The molecule has 2 saturated heterocycles. The Morgan fingerprint density at radius 3 is 2.69 bits per heavy atom. The van der Waals surface area contributed by atoms with Crippen LogP contribution in [0.1, 0.15) is 25.7 Å². The zero-order valence-electron chi connectivity index (χ0n) is 10.4. The molecule has 1 unspecified atom stereocenters. The fourth-order valence-electron chi connectivity index (χ4n) is 2.65. The summed E-state index contributed by atoms with van der Waals surface area (Å²) in [5.41, 5.74) is 0. The third-order valence-electron chi connectivity index (χ3n) is 3.81. The van der Waals surface area contributed by atoms with E-state index in [9.17, 15) is 4.79 Å². The van der Waals surface area contributed by atoms with Crippen LogP contribution in [0, 0.1) is 0 Å². The van der Waals surface area contributed by atoms with Gasteiger partial charge in [0.15, 0.2) is 0 Å². The average molecular weight is 225 g/mol. The number of likely N-dealkylation sites (tertiary alicyclic amines) is 1. The quantitative estimate of drug-likeness (QED) is 0.734. The number of likely N-dealkylation sites (N-methyl/N-ethyl adjacent to an activating group) is 1. The summed E-state index contributed by atoms with van der Waals surface area (Å²) in [6, 6.07) is 0.641. The van der Waals surface area contributed by atoms with Crippen molar-refractivity contribution in [2.75, 3.05) is 33.7 Å². The highest BCUT2D eigenvalue weighted by atomic mass is 16.2. The van der Waals surface area contributed by atoms with Crippen LogP contribution in [0.4, 0.5) is 0 Å². The minimum atomic E-state index is 0.0923. The number of amides is 1. The highest BCUT2D eigenvalue weighted by Crippen LogP contribution is 2.17. The van der Waals surface area contributed by atoms with Crippen molar-refractivity contribution in [1.29, 1.82) is 0 Å². The van der Waals surface area contributed by atoms with Crippen LogP contribution in [-0.4, -0.2) is 61.5 Å². The molecular weight excluding hydrogens is 202 g/mol. The van der Waals surface area contributed by atoms with E-state index in [4.69, 9.17) is 0 Å². The molecule has 2 rings (SSSR count). The van der Waals surface area contributed by atoms with E-state index in [1.807, 2.05) is 4.90 Å². The predicted octanol–water partition coefficient (Wildman–Crippen LogP) is 0.291. The maximum absolute atomic E-state index is 12.2. The summed E-state index contributed by atoms with van der Waals surface area (Å²) in [5.74, 6) is 0.323. The average Bonchev–Trinajstić information content (AvgIpc) is 2.78. The van der Waals surface area contributed by atoms with Crippen molar-refractivity contribution in [3.05, 3.63) is 0 Å². The number of nitrogens with one attached hydrogen (secondary N) is 1. The maximum atomic E-state index is 12.2. The second-order valence-corrected chi connectivity index (χ2v) is 5.19. The number of rotatable bonds is 2. The van der Waals surface area contributed by atoms with E-state index in [0.717, 1.165) is 32.5 Å². The van der Waals surface area contributed by atoms with Gasteiger partial charge in [-0.15, -0.1) is 0 Å². The van der Waals surface area contributed by atoms with Gasteiger partial charge in [-0.05, 0) is 39.9 Å². The van der Waals surface area contributed by atoms with Crippen molar-refractivity contribution < 1.29 is 4.79 Å². The molecule has 4 heteroatoms. The first kappa shape index (κ1) is 11.9. The Hall–Kier alpha value is -0.610. The normalized spacial score (nSPS) is 31.1. The molecule has 2 aliphatic rings. The van der Waals surface area contributed by atoms with Crippen LogP contribution in [0.5, 0.6) is 0 Å². The highest BCUT2D eigenvalue weighted by Gasteiger charge is 2.31. The fourth-order valence-corrected chi connectivity index (χ4v) is 2.65. The van der Waals surface area contributed by atoms with E-state index in [-0.39, 0.29) is 6.04 Å². The summed E-state index contributed by atoms with van der Waals surface area (Å²) in [5, 5.41) is 3.33. The number of carbonyl (C=O) groups is 1. The van der Waals surface area contributed by atoms with Crippen LogP contribution in [0.25, 0.3) is 0 Å². The molecule has 0 radical (unpaired) electrons. The first-order chi connectivity index (χ1) is 7.68. The minimum Gasteiger partial charge on any atom is -0.340 e. The Morgan fingerprint density at radius 1 is 1.31 bits per heavy atom. The number of hydrogen-bond donors (Lipinski definition) is 1. The highest BCUT2D eigenvalue weighted by molar-refractivity contribution is 5.82. The lowest BCUT2D eigenvalue weighted by atomic mass is 10.0. The smallest absolute Gasteiger partial charge is 0.239 e.